The van der Waals surface area contributed by atoms with E-state index in [0.717, 1.165) is 27.8 Å². The lowest BCUT2D eigenvalue weighted by molar-refractivity contribution is 0.631. The average molecular weight is 453 g/mol. The van der Waals surface area contributed by atoms with Gasteiger partial charge in [-0.1, -0.05) is 92.7 Å². The van der Waals surface area contributed by atoms with Crippen molar-refractivity contribution in [2.75, 3.05) is 4.90 Å². The third-order valence-corrected chi connectivity index (χ3v) is 7.25. The van der Waals surface area contributed by atoms with Gasteiger partial charge in [-0.25, -0.2) is 0 Å². The van der Waals surface area contributed by atoms with Crippen molar-refractivity contribution >= 4 is 38.9 Å². The molecule has 7 rings (SSSR count). The number of hydrogen-bond donors (Lipinski definition) is 0. The van der Waals surface area contributed by atoms with Crippen molar-refractivity contribution in [3.63, 3.8) is 0 Å². The molecule has 1 aliphatic heterocycles. The Balaban J connectivity index is 1.49. The Hall–Kier alpha value is -4.44. The first-order valence-corrected chi connectivity index (χ1v) is 12.0. The van der Waals surface area contributed by atoms with Crippen molar-refractivity contribution in [3.8, 4) is 5.69 Å². The molecule has 0 fully saturated rings. The van der Waals surface area contributed by atoms with E-state index in [1.54, 1.807) is 4.80 Å². The van der Waals surface area contributed by atoms with Crippen LogP contribution in [0, 0.1) is 0 Å². The number of para-hydroxylation sites is 4. The highest BCUT2D eigenvalue weighted by Crippen LogP contribution is 2.52. The lowest BCUT2D eigenvalue weighted by Gasteiger charge is -2.42. The van der Waals surface area contributed by atoms with Crippen LogP contribution in [0.4, 0.5) is 17.1 Å². The van der Waals surface area contributed by atoms with E-state index < -0.39 is 0 Å². The predicted octanol–water partition coefficient (Wildman–Crippen LogP) is 7.68. The predicted molar refractivity (Wildman–Crippen MR) is 143 cm³/mol. The molecule has 0 aliphatic carbocycles. The molecule has 168 valence electrons. The molecule has 0 N–H and O–H groups in total. The molecule has 4 heteroatoms. The summed E-state index contributed by atoms with van der Waals surface area (Å²) in [6, 6.07) is 38.3. The van der Waals surface area contributed by atoms with Crippen LogP contribution in [0.5, 0.6) is 0 Å². The highest BCUT2D eigenvalue weighted by atomic mass is 15.5. The minimum Gasteiger partial charge on any atom is -0.308 e. The smallest absolute Gasteiger partial charge is 0.121 e. The number of hydrogen-bond acceptors (Lipinski definition) is 3. The first-order valence-electron chi connectivity index (χ1n) is 12.0. The van der Waals surface area contributed by atoms with Gasteiger partial charge in [0.15, 0.2) is 0 Å². The highest BCUT2D eigenvalue weighted by molar-refractivity contribution is 6.03. The minimum atomic E-state index is -0.101. The van der Waals surface area contributed by atoms with Gasteiger partial charge in [0.2, 0.25) is 0 Å². The Morgan fingerprint density at radius 3 is 1.83 bits per heavy atom. The van der Waals surface area contributed by atoms with Crippen LogP contribution >= 0.6 is 0 Å². The molecule has 0 radical (unpaired) electrons. The van der Waals surface area contributed by atoms with Gasteiger partial charge in [0.25, 0.3) is 0 Å². The second-order valence-corrected chi connectivity index (χ2v) is 9.63. The minimum absolute atomic E-state index is 0.101. The summed E-state index contributed by atoms with van der Waals surface area (Å²) < 4.78 is 0. The number of benzene rings is 5. The fourth-order valence-corrected chi connectivity index (χ4v) is 5.51. The lowest BCUT2D eigenvalue weighted by Crippen LogP contribution is -2.31. The van der Waals surface area contributed by atoms with Gasteiger partial charge < -0.3 is 4.90 Å². The summed E-state index contributed by atoms with van der Waals surface area (Å²) in [4.78, 5) is 4.15. The summed E-state index contributed by atoms with van der Waals surface area (Å²) in [7, 11) is 0. The maximum atomic E-state index is 4.99. The fourth-order valence-electron chi connectivity index (χ4n) is 5.51. The van der Waals surface area contributed by atoms with Crippen molar-refractivity contribution in [1.82, 2.24) is 15.0 Å². The zero-order valence-electron chi connectivity index (χ0n) is 19.7. The Bertz CT molecular complexity index is 1690. The van der Waals surface area contributed by atoms with Crippen LogP contribution in [0.1, 0.15) is 25.0 Å². The van der Waals surface area contributed by atoms with E-state index in [-0.39, 0.29) is 5.41 Å². The van der Waals surface area contributed by atoms with E-state index in [9.17, 15) is 0 Å². The van der Waals surface area contributed by atoms with Gasteiger partial charge in [0, 0.05) is 10.8 Å². The van der Waals surface area contributed by atoms with Crippen LogP contribution in [-0.4, -0.2) is 15.0 Å². The van der Waals surface area contributed by atoms with Crippen LogP contribution < -0.4 is 4.90 Å². The van der Waals surface area contributed by atoms with Crippen molar-refractivity contribution in [1.29, 1.82) is 0 Å². The molecule has 0 unspecified atom stereocenters. The second-order valence-electron chi connectivity index (χ2n) is 9.63. The molecule has 5 aromatic carbocycles. The number of aromatic nitrogens is 3. The SMILES string of the molecule is CC1(C)c2ccccc2N(c2ccccc2-n2nc3ccc4ccccc4c3n2)c2ccccc21. The average Bonchev–Trinajstić information content (AvgIpc) is 3.34. The zero-order valence-corrected chi connectivity index (χ0v) is 19.7. The van der Waals surface area contributed by atoms with Crippen LogP contribution in [-0.2, 0) is 5.41 Å². The third-order valence-electron chi connectivity index (χ3n) is 7.25. The molecule has 4 nitrogen and oxygen atoms in total. The van der Waals surface area contributed by atoms with E-state index in [2.05, 4.69) is 128 Å². The molecular weight excluding hydrogens is 428 g/mol. The molecule has 6 aromatic rings. The molecule has 2 heterocycles. The Kier molecular flexibility index (Phi) is 4.15. The summed E-state index contributed by atoms with van der Waals surface area (Å²) in [5.74, 6) is 0. The second kappa shape index (κ2) is 7.28. The van der Waals surface area contributed by atoms with Gasteiger partial charge in [-0.3, -0.25) is 0 Å². The summed E-state index contributed by atoms with van der Waals surface area (Å²) >= 11 is 0. The van der Waals surface area contributed by atoms with Gasteiger partial charge >= 0.3 is 0 Å². The number of anilines is 3. The quantitative estimate of drug-likeness (QED) is 0.270. The van der Waals surface area contributed by atoms with Crippen molar-refractivity contribution in [2.45, 2.75) is 19.3 Å². The zero-order chi connectivity index (χ0) is 23.6. The van der Waals surface area contributed by atoms with E-state index >= 15 is 0 Å². The summed E-state index contributed by atoms with van der Waals surface area (Å²) in [5, 5.41) is 12.2. The first-order chi connectivity index (χ1) is 17.1. The molecule has 0 bridgehead atoms. The Morgan fingerprint density at radius 1 is 0.543 bits per heavy atom. The van der Waals surface area contributed by atoms with Crippen LogP contribution in [0.25, 0.3) is 27.5 Å². The molecule has 0 spiro atoms. The van der Waals surface area contributed by atoms with E-state index in [1.165, 1.54) is 27.9 Å². The molecule has 0 amide bonds. The van der Waals surface area contributed by atoms with Crippen molar-refractivity contribution in [3.05, 3.63) is 120 Å². The Labute approximate surface area is 204 Å². The number of nitrogens with zero attached hydrogens (tertiary/aromatic N) is 4. The normalized spacial score (nSPS) is 14.2. The summed E-state index contributed by atoms with van der Waals surface area (Å²) in [6.07, 6.45) is 0. The number of rotatable bonds is 2. The summed E-state index contributed by atoms with van der Waals surface area (Å²) in [6.45, 7) is 4.61. The molecule has 0 saturated carbocycles. The summed E-state index contributed by atoms with van der Waals surface area (Å²) in [5.41, 5.74) is 8.67. The van der Waals surface area contributed by atoms with E-state index in [4.69, 9.17) is 10.2 Å². The molecule has 35 heavy (non-hydrogen) atoms. The molecule has 1 aliphatic rings. The molecule has 1 aromatic heterocycles. The van der Waals surface area contributed by atoms with Gasteiger partial charge in [0.05, 0.1) is 17.1 Å². The van der Waals surface area contributed by atoms with Crippen LogP contribution in [0.3, 0.4) is 0 Å². The first kappa shape index (κ1) is 20.0. The van der Waals surface area contributed by atoms with Gasteiger partial charge in [0.1, 0.15) is 16.7 Å². The standard InChI is InChI=1S/C31H24N4/c1-31(2)23-13-5-7-15-26(23)34(27-16-8-6-14-24(27)31)28-17-9-10-18-29(28)35-32-25-20-19-21-11-3-4-12-22(21)30(25)33-35/h3-20H,1-2H3. The lowest BCUT2D eigenvalue weighted by atomic mass is 9.73. The van der Waals surface area contributed by atoms with Gasteiger partial charge in [-0.15, -0.1) is 15.0 Å². The van der Waals surface area contributed by atoms with Crippen molar-refractivity contribution < 1.29 is 0 Å². The van der Waals surface area contributed by atoms with Crippen LogP contribution in [0.15, 0.2) is 109 Å². The molecular formula is C31H24N4. The van der Waals surface area contributed by atoms with E-state index in [0.29, 0.717) is 0 Å². The largest absolute Gasteiger partial charge is 0.308 e. The fraction of sp³-hybridized carbons (Fsp3) is 0.0968. The monoisotopic (exact) mass is 452 g/mol. The highest BCUT2D eigenvalue weighted by Gasteiger charge is 2.37. The van der Waals surface area contributed by atoms with Crippen LogP contribution in [0.2, 0.25) is 0 Å². The van der Waals surface area contributed by atoms with Gasteiger partial charge in [-0.2, -0.15) is 0 Å². The van der Waals surface area contributed by atoms with Gasteiger partial charge in [-0.05, 0) is 46.8 Å². The molecule has 0 atom stereocenters. The number of fused-ring (bicyclic) bond motifs is 5. The molecule has 0 saturated heterocycles. The maximum absolute atomic E-state index is 4.99. The third kappa shape index (κ3) is 2.86. The van der Waals surface area contributed by atoms with E-state index in [1.807, 2.05) is 0 Å². The van der Waals surface area contributed by atoms with Crippen molar-refractivity contribution in [2.24, 2.45) is 0 Å². The topological polar surface area (TPSA) is 34.0 Å². The maximum Gasteiger partial charge on any atom is 0.121 e. The Morgan fingerprint density at radius 2 is 1.11 bits per heavy atom.